The lowest BCUT2D eigenvalue weighted by molar-refractivity contribution is -0.0149. The molecule has 0 aromatic rings. The van der Waals surface area contributed by atoms with Crippen LogP contribution in [-0.4, -0.2) is 25.4 Å². The van der Waals surface area contributed by atoms with Crippen molar-refractivity contribution in [3.63, 3.8) is 0 Å². The van der Waals surface area contributed by atoms with Gasteiger partial charge in [-0.25, -0.2) is 0 Å². The van der Waals surface area contributed by atoms with Gasteiger partial charge in [0.1, 0.15) is 0 Å². The van der Waals surface area contributed by atoms with Crippen molar-refractivity contribution in [3.05, 3.63) is 0 Å². The predicted molar refractivity (Wildman–Crippen MR) is 65.2 cm³/mol. The minimum absolute atomic E-state index is 0.0224. The molecule has 0 N–H and O–H groups in total. The zero-order chi connectivity index (χ0) is 11.9. The van der Waals surface area contributed by atoms with Gasteiger partial charge in [-0.2, -0.15) is 0 Å². The Bertz CT molecular complexity index is 133. The summed E-state index contributed by atoms with van der Waals surface area (Å²) in [7, 11) is 0. The van der Waals surface area contributed by atoms with Crippen molar-refractivity contribution in [2.24, 2.45) is 5.41 Å². The Kier molecular flexibility index (Phi) is 6.46. The van der Waals surface area contributed by atoms with E-state index in [1.54, 1.807) is 0 Å². The smallest absolute Gasteiger partial charge is 0.0598 e. The second kappa shape index (κ2) is 6.49. The second-order valence-electron chi connectivity index (χ2n) is 6.24. The Morgan fingerprint density at radius 2 is 1.40 bits per heavy atom. The predicted octanol–water partition coefficient (Wildman–Crippen LogP) is 3.64. The Hall–Kier alpha value is -0.0800. The molecule has 0 radical (unpaired) electrons. The average molecular weight is 216 g/mol. The van der Waals surface area contributed by atoms with Crippen molar-refractivity contribution >= 4 is 0 Å². The zero-order valence-electron chi connectivity index (χ0n) is 11.4. The van der Waals surface area contributed by atoms with Crippen molar-refractivity contribution < 1.29 is 9.47 Å². The molecule has 0 saturated carbocycles. The van der Waals surface area contributed by atoms with Gasteiger partial charge in [0.25, 0.3) is 0 Å². The van der Waals surface area contributed by atoms with Crippen LogP contribution in [0.3, 0.4) is 0 Å². The minimum atomic E-state index is -0.0224. The molecule has 0 aromatic heterocycles. The van der Waals surface area contributed by atoms with E-state index in [-0.39, 0.29) is 5.60 Å². The fraction of sp³-hybridized carbons (Fsp3) is 1.00. The maximum absolute atomic E-state index is 5.60. The molecule has 0 aromatic carbocycles. The summed E-state index contributed by atoms with van der Waals surface area (Å²) in [4.78, 5) is 0. The van der Waals surface area contributed by atoms with Crippen LogP contribution in [0, 0.1) is 5.41 Å². The highest BCUT2D eigenvalue weighted by Gasteiger charge is 2.10. The van der Waals surface area contributed by atoms with Gasteiger partial charge in [0.05, 0.1) is 5.60 Å². The van der Waals surface area contributed by atoms with Crippen molar-refractivity contribution in [3.8, 4) is 0 Å². The van der Waals surface area contributed by atoms with Crippen LogP contribution < -0.4 is 0 Å². The van der Waals surface area contributed by atoms with Crippen LogP contribution in [0.15, 0.2) is 0 Å². The number of hydrogen-bond acceptors (Lipinski definition) is 2. The Morgan fingerprint density at radius 3 is 1.87 bits per heavy atom. The van der Waals surface area contributed by atoms with Gasteiger partial charge >= 0.3 is 0 Å². The third-order valence-electron chi connectivity index (χ3n) is 1.96. The summed E-state index contributed by atoms with van der Waals surface area (Å²) in [5.41, 5.74) is 0.354. The molecule has 0 aliphatic carbocycles. The summed E-state index contributed by atoms with van der Waals surface area (Å²) in [5.74, 6) is 0. The summed E-state index contributed by atoms with van der Waals surface area (Å²) in [5, 5.41) is 0. The van der Waals surface area contributed by atoms with Gasteiger partial charge in [-0.1, -0.05) is 20.8 Å². The molecule has 2 nitrogen and oxygen atoms in total. The summed E-state index contributed by atoms with van der Waals surface area (Å²) >= 11 is 0. The molecule has 0 aliphatic heterocycles. The molecule has 0 saturated heterocycles. The monoisotopic (exact) mass is 216 g/mol. The minimum Gasteiger partial charge on any atom is -0.381 e. The van der Waals surface area contributed by atoms with Gasteiger partial charge < -0.3 is 9.47 Å². The van der Waals surface area contributed by atoms with Gasteiger partial charge in [-0.15, -0.1) is 0 Å². The summed E-state index contributed by atoms with van der Waals surface area (Å²) in [6.07, 6.45) is 2.11. The van der Waals surface area contributed by atoms with E-state index in [9.17, 15) is 0 Å². The topological polar surface area (TPSA) is 18.5 Å². The quantitative estimate of drug-likeness (QED) is 0.631. The first kappa shape index (κ1) is 14.9. The molecule has 15 heavy (non-hydrogen) atoms. The molecular weight excluding hydrogens is 188 g/mol. The number of rotatable bonds is 6. The lowest BCUT2D eigenvalue weighted by atomic mass is 9.93. The fourth-order valence-electron chi connectivity index (χ4n) is 1.02. The van der Waals surface area contributed by atoms with Crippen molar-refractivity contribution in [2.45, 2.75) is 60.0 Å². The van der Waals surface area contributed by atoms with E-state index < -0.39 is 0 Å². The summed E-state index contributed by atoms with van der Waals surface area (Å²) in [6, 6.07) is 0. The van der Waals surface area contributed by atoms with Crippen LogP contribution >= 0.6 is 0 Å². The van der Waals surface area contributed by atoms with E-state index in [1.807, 2.05) is 0 Å². The maximum atomic E-state index is 5.60. The van der Waals surface area contributed by atoms with Crippen molar-refractivity contribution in [1.29, 1.82) is 0 Å². The number of hydrogen-bond donors (Lipinski definition) is 0. The van der Waals surface area contributed by atoms with E-state index in [4.69, 9.17) is 9.47 Å². The van der Waals surface area contributed by atoms with Gasteiger partial charge in [-0.3, -0.25) is 0 Å². The molecule has 0 atom stereocenters. The molecule has 0 unspecified atom stereocenters. The van der Waals surface area contributed by atoms with Crippen LogP contribution in [0.2, 0.25) is 0 Å². The normalized spacial score (nSPS) is 13.2. The van der Waals surface area contributed by atoms with Crippen molar-refractivity contribution in [1.82, 2.24) is 0 Å². The molecule has 0 rings (SSSR count). The molecule has 0 bridgehead atoms. The molecule has 2 heteroatoms. The van der Waals surface area contributed by atoms with E-state index in [2.05, 4.69) is 41.5 Å². The number of ether oxygens (including phenoxy) is 2. The third kappa shape index (κ3) is 13.9. The van der Waals surface area contributed by atoms with Crippen LogP contribution in [0.1, 0.15) is 54.4 Å². The SMILES string of the molecule is CC(C)(C)CCOCCCOC(C)(C)C. The Morgan fingerprint density at radius 1 is 0.800 bits per heavy atom. The Labute approximate surface area is 95.3 Å². The Balaban J connectivity index is 3.20. The summed E-state index contributed by atoms with van der Waals surface area (Å²) in [6.45, 7) is 15.4. The molecule has 92 valence electrons. The average Bonchev–Trinajstić information content (AvgIpc) is 1.98. The highest BCUT2D eigenvalue weighted by Crippen LogP contribution is 2.17. The first-order chi connectivity index (χ1) is 6.71. The van der Waals surface area contributed by atoms with E-state index in [0.29, 0.717) is 5.41 Å². The van der Waals surface area contributed by atoms with Crippen LogP contribution in [0.4, 0.5) is 0 Å². The standard InChI is InChI=1S/C13H28O2/c1-12(2,3)8-11-14-9-7-10-15-13(4,5)6/h7-11H2,1-6H3. The van der Waals surface area contributed by atoms with Crippen LogP contribution in [0.25, 0.3) is 0 Å². The summed E-state index contributed by atoms with van der Waals surface area (Å²) < 4.78 is 11.1. The van der Waals surface area contributed by atoms with Crippen molar-refractivity contribution in [2.75, 3.05) is 19.8 Å². The van der Waals surface area contributed by atoms with E-state index in [0.717, 1.165) is 32.7 Å². The lowest BCUT2D eigenvalue weighted by Crippen LogP contribution is -2.20. The molecule has 0 fully saturated rings. The first-order valence-electron chi connectivity index (χ1n) is 5.92. The fourth-order valence-corrected chi connectivity index (χ4v) is 1.02. The van der Waals surface area contributed by atoms with Gasteiger partial charge in [0.2, 0.25) is 0 Å². The third-order valence-corrected chi connectivity index (χ3v) is 1.96. The first-order valence-corrected chi connectivity index (χ1v) is 5.92. The highest BCUT2D eigenvalue weighted by molar-refractivity contribution is 4.60. The second-order valence-corrected chi connectivity index (χ2v) is 6.24. The largest absolute Gasteiger partial charge is 0.381 e. The van der Waals surface area contributed by atoms with Crippen LogP contribution in [0.5, 0.6) is 0 Å². The molecule has 0 spiro atoms. The van der Waals surface area contributed by atoms with Gasteiger partial charge in [0.15, 0.2) is 0 Å². The molecule has 0 aliphatic rings. The zero-order valence-corrected chi connectivity index (χ0v) is 11.4. The highest BCUT2D eigenvalue weighted by atomic mass is 16.5. The molecular formula is C13H28O2. The maximum Gasteiger partial charge on any atom is 0.0598 e. The molecule has 0 amide bonds. The van der Waals surface area contributed by atoms with E-state index in [1.165, 1.54) is 0 Å². The molecule has 0 heterocycles. The van der Waals surface area contributed by atoms with E-state index >= 15 is 0 Å². The van der Waals surface area contributed by atoms with Gasteiger partial charge in [0, 0.05) is 19.8 Å². The van der Waals surface area contributed by atoms with Gasteiger partial charge in [-0.05, 0) is 39.0 Å². The van der Waals surface area contributed by atoms with Crippen LogP contribution in [-0.2, 0) is 9.47 Å². The lowest BCUT2D eigenvalue weighted by Gasteiger charge is -2.20.